The number of phenols is 1. The predicted octanol–water partition coefficient (Wildman–Crippen LogP) is 2.95. The summed E-state index contributed by atoms with van der Waals surface area (Å²) < 4.78 is 38.5. The summed E-state index contributed by atoms with van der Waals surface area (Å²) in [6, 6.07) is 8.26. The SMILES string of the molecule is N#Cc1ccc(NC(=O)Nc2ccccc2C(F)(F)F)c(O)c1.NC(N)=O. The van der Waals surface area contributed by atoms with Crippen LogP contribution in [-0.2, 0) is 6.18 Å². The number of aromatic hydroxyl groups is 1. The van der Waals surface area contributed by atoms with Crippen LogP contribution in [0.1, 0.15) is 11.1 Å². The number of anilines is 2. The summed E-state index contributed by atoms with van der Waals surface area (Å²) in [4.78, 5) is 20.8. The fourth-order valence-corrected chi connectivity index (χ4v) is 1.82. The first-order chi connectivity index (χ1) is 12.5. The minimum atomic E-state index is -4.61. The summed E-state index contributed by atoms with van der Waals surface area (Å²) in [6.45, 7) is 0. The highest BCUT2D eigenvalue weighted by Crippen LogP contribution is 2.34. The third-order valence-corrected chi connectivity index (χ3v) is 2.86. The van der Waals surface area contributed by atoms with E-state index >= 15 is 0 Å². The number of carbonyl (C=O) groups is 2. The van der Waals surface area contributed by atoms with Crippen molar-refractivity contribution in [3.8, 4) is 11.8 Å². The van der Waals surface area contributed by atoms with E-state index in [0.717, 1.165) is 18.2 Å². The Hall–Kier alpha value is -3.94. The van der Waals surface area contributed by atoms with Gasteiger partial charge in [0.15, 0.2) is 0 Å². The molecule has 0 bridgehead atoms. The highest BCUT2D eigenvalue weighted by Gasteiger charge is 2.33. The van der Waals surface area contributed by atoms with Crippen LogP contribution in [-0.4, -0.2) is 17.2 Å². The van der Waals surface area contributed by atoms with Gasteiger partial charge in [-0.15, -0.1) is 0 Å². The van der Waals surface area contributed by atoms with E-state index in [4.69, 9.17) is 10.1 Å². The molecule has 2 aromatic carbocycles. The van der Waals surface area contributed by atoms with Gasteiger partial charge in [0, 0.05) is 0 Å². The quantitative estimate of drug-likeness (QED) is 0.507. The molecule has 0 radical (unpaired) electrons. The lowest BCUT2D eigenvalue weighted by Gasteiger charge is -2.14. The summed E-state index contributed by atoms with van der Waals surface area (Å²) in [5, 5.41) is 22.6. The van der Waals surface area contributed by atoms with Gasteiger partial charge in [-0.2, -0.15) is 18.4 Å². The topological polar surface area (TPSA) is 154 Å². The van der Waals surface area contributed by atoms with Crippen LogP contribution in [0.2, 0.25) is 0 Å². The van der Waals surface area contributed by atoms with Crippen molar-refractivity contribution >= 4 is 23.4 Å². The Labute approximate surface area is 151 Å². The number of nitrogens with two attached hydrogens (primary N) is 2. The molecular weight excluding hydrogens is 367 g/mol. The number of amides is 4. The van der Waals surface area contributed by atoms with Crippen LogP contribution in [0, 0.1) is 11.3 Å². The number of para-hydroxylation sites is 1. The van der Waals surface area contributed by atoms with E-state index < -0.39 is 29.5 Å². The van der Waals surface area contributed by atoms with E-state index in [0.29, 0.717) is 0 Å². The molecular formula is C16H14F3N5O3. The maximum Gasteiger partial charge on any atom is 0.418 e. The number of carbonyl (C=O) groups excluding carboxylic acids is 2. The normalized spacial score (nSPS) is 10.0. The number of benzene rings is 2. The van der Waals surface area contributed by atoms with Crippen molar-refractivity contribution in [1.29, 1.82) is 5.26 Å². The molecule has 0 aliphatic heterocycles. The van der Waals surface area contributed by atoms with Gasteiger partial charge >= 0.3 is 18.2 Å². The minimum Gasteiger partial charge on any atom is -0.506 e. The van der Waals surface area contributed by atoms with Gasteiger partial charge in [0.25, 0.3) is 0 Å². The second-order valence-electron chi connectivity index (χ2n) is 4.87. The number of halogens is 3. The maximum absolute atomic E-state index is 12.8. The second kappa shape index (κ2) is 8.95. The standard InChI is InChI=1S/C15H10F3N3O2.CH4N2O/c16-15(17,18)10-3-1-2-4-11(10)20-14(23)21-12-6-5-9(8-19)7-13(12)22;2-1(3)4/h1-7,22H,(H2,20,21,23);(H4,2,3,4). The van der Waals surface area contributed by atoms with Crippen LogP contribution >= 0.6 is 0 Å². The smallest absolute Gasteiger partial charge is 0.418 e. The highest BCUT2D eigenvalue weighted by atomic mass is 19.4. The monoisotopic (exact) mass is 381 g/mol. The zero-order valence-corrected chi connectivity index (χ0v) is 13.5. The molecule has 27 heavy (non-hydrogen) atoms. The van der Waals surface area contributed by atoms with Gasteiger partial charge in [-0.05, 0) is 30.3 Å². The van der Waals surface area contributed by atoms with Gasteiger partial charge in [-0.1, -0.05) is 12.1 Å². The Morgan fingerprint density at radius 3 is 2.11 bits per heavy atom. The van der Waals surface area contributed by atoms with Crippen molar-refractivity contribution in [3.63, 3.8) is 0 Å². The Bertz CT molecular complexity index is 874. The Balaban J connectivity index is 0.000000828. The van der Waals surface area contributed by atoms with Gasteiger partial charge in [-0.25, -0.2) is 9.59 Å². The lowest BCUT2D eigenvalue weighted by molar-refractivity contribution is -0.136. The Morgan fingerprint density at radius 1 is 1.04 bits per heavy atom. The van der Waals surface area contributed by atoms with Crippen molar-refractivity contribution in [2.75, 3.05) is 10.6 Å². The summed E-state index contributed by atoms with van der Waals surface area (Å²) in [7, 11) is 0. The fourth-order valence-electron chi connectivity index (χ4n) is 1.82. The second-order valence-corrected chi connectivity index (χ2v) is 4.87. The van der Waals surface area contributed by atoms with E-state index in [1.165, 1.54) is 24.3 Å². The maximum atomic E-state index is 12.8. The molecule has 0 aromatic heterocycles. The summed E-state index contributed by atoms with van der Waals surface area (Å²) in [6.07, 6.45) is -4.61. The van der Waals surface area contributed by atoms with Gasteiger partial charge in [0.05, 0.1) is 28.6 Å². The molecule has 7 N–H and O–H groups in total. The lowest BCUT2D eigenvalue weighted by Crippen LogP contribution is -2.21. The molecule has 142 valence electrons. The van der Waals surface area contributed by atoms with E-state index in [-0.39, 0.29) is 17.0 Å². The zero-order valence-electron chi connectivity index (χ0n) is 13.5. The zero-order chi connectivity index (χ0) is 20.6. The average Bonchev–Trinajstić information content (AvgIpc) is 2.55. The molecule has 0 aliphatic rings. The minimum absolute atomic E-state index is 0.0361. The van der Waals surface area contributed by atoms with Crippen LogP contribution in [0.4, 0.5) is 34.1 Å². The van der Waals surface area contributed by atoms with E-state index in [9.17, 15) is 23.1 Å². The number of nitrogens with zero attached hydrogens (tertiary/aromatic N) is 1. The number of primary amides is 2. The largest absolute Gasteiger partial charge is 0.506 e. The molecule has 0 spiro atoms. The Kier molecular flexibility index (Phi) is 7.00. The van der Waals surface area contributed by atoms with Gasteiger partial charge < -0.3 is 27.2 Å². The molecule has 0 heterocycles. The number of nitrogens with one attached hydrogen (secondary N) is 2. The van der Waals surface area contributed by atoms with Crippen molar-refractivity contribution in [3.05, 3.63) is 53.6 Å². The molecule has 0 fully saturated rings. The molecule has 0 aliphatic carbocycles. The number of alkyl halides is 3. The van der Waals surface area contributed by atoms with Crippen molar-refractivity contribution in [2.45, 2.75) is 6.18 Å². The van der Waals surface area contributed by atoms with E-state index in [2.05, 4.69) is 22.1 Å². The first-order valence-corrected chi connectivity index (χ1v) is 7.07. The van der Waals surface area contributed by atoms with Gasteiger partial charge in [-0.3, -0.25) is 0 Å². The van der Waals surface area contributed by atoms with Crippen LogP contribution in [0.25, 0.3) is 0 Å². The molecule has 11 heteroatoms. The first-order valence-electron chi connectivity index (χ1n) is 7.07. The third kappa shape index (κ3) is 6.83. The van der Waals surface area contributed by atoms with Crippen LogP contribution < -0.4 is 22.1 Å². The van der Waals surface area contributed by atoms with Crippen molar-refractivity contribution in [1.82, 2.24) is 0 Å². The molecule has 4 amide bonds. The number of hydrogen-bond acceptors (Lipinski definition) is 4. The number of urea groups is 2. The predicted molar refractivity (Wildman–Crippen MR) is 90.7 cm³/mol. The molecule has 2 rings (SSSR count). The molecule has 0 saturated heterocycles. The number of hydrogen-bond donors (Lipinski definition) is 5. The number of nitriles is 1. The third-order valence-electron chi connectivity index (χ3n) is 2.86. The first kappa shape index (κ1) is 21.1. The van der Waals surface area contributed by atoms with Gasteiger partial charge in [0.2, 0.25) is 0 Å². The summed E-state index contributed by atoms with van der Waals surface area (Å²) in [5.74, 6) is -0.372. The number of phenolic OH excluding ortho intramolecular Hbond substituents is 1. The average molecular weight is 381 g/mol. The van der Waals surface area contributed by atoms with Crippen molar-refractivity contribution in [2.24, 2.45) is 11.5 Å². The highest BCUT2D eigenvalue weighted by molar-refractivity contribution is 6.01. The van der Waals surface area contributed by atoms with Crippen molar-refractivity contribution < 1.29 is 27.9 Å². The summed E-state index contributed by atoms with van der Waals surface area (Å²) in [5.41, 5.74) is 7.24. The van der Waals surface area contributed by atoms with Gasteiger partial charge in [0.1, 0.15) is 5.75 Å². The molecule has 0 unspecified atom stereocenters. The van der Waals surface area contributed by atoms with Crippen LogP contribution in [0.15, 0.2) is 42.5 Å². The fraction of sp³-hybridized carbons (Fsp3) is 0.0625. The summed E-state index contributed by atoms with van der Waals surface area (Å²) >= 11 is 0. The van der Waals surface area contributed by atoms with E-state index in [1.807, 2.05) is 0 Å². The molecule has 8 nitrogen and oxygen atoms in total. The Morgan fingerprint density at radius 2 is 1.59 bits per heavy atom. The van der Waals surface area contributed by atoms with Crippen LogP contribution in [0.5, 0.6) is 5.75 Å². The lowest BCUT2D eigenvalue weighted by atomic mass is 10.1. The molecule has 2 aromatic rings. The molecule has 0 atom stereocenters. The number of rotatable bonds is 2. The van der Waals surface area contributed by atoms with E-state index in [1.54, 1.807) is 6.07 Å². The van der Waals surface area contributed by atoms with Crippen LogP contribution in [0.3, 0.4) is 0 Å². The molecule has 0 saturated carbocycles.